The Bertz CT molecular complexity index is 441. The number of pyridine rings is 1. The van der Waals surface area contributed by atoms with Gasteiger partial charge in [0.25, 0.3) is 0 Å². The molecular formula is C12H16N2. The van der Waals surface area contributed by atoms with Crippen molar-refractivity contribution >= 4 is 5.65 Å². The van der Waals surface area contributed by atoms with Crippen molar-refractivity contribution in [1.29, 1.82) is 0 Å². The van der Waals surface area contributed by atoms with Gasteiger partial charge in [-0.15, -0.1) is 0 Å². The minimum absolute atomic E-state index is 0.668. The molecular weight excluding hydrogens is 172 g/mol. The Morgan fingerprint density at radius 2 is 2.21 bits per heavy atom. The van der Waals surface area contributed by atoms with E-state index in [9.17, 15) is 0 Å². The number of imidazole rings is 1. The average molecular weight is 188 g/mol. The molecule has 74 valence electrons. The first-order valence-electron chi connectivity index (χ1n) is 5.09. The van der Waals surface area contributed by atoms with Crippen LogP contribution in [0.15, 0.2) is 24.5 Å². The van der Waals surface area contributed by atoms with Gasteiger partial charge in [0.1, 0.15) is 5.65 Å². The molecule has 0 aliphatic rings. The molecule has 2 heterocycles. The molecule has 0 aromatic carbocycles. The van der Waals surface area contributed by atoms with Crippen molar-refractivity contribution in [3.8, 4) is 0 Å². The van der Waals surface area contributed by atoms with Gasteiger partial charge in [0, 0.05) is 12.4 Å². The van der Waals surface area contributed by atoms with Crippen LogP contribution in [0.5, 0.6) is 0 Å². The SMILES string of the molecule is Cc1ccn2cc(CC(C)C)nc2c1. The monoisotopic (exact) mass is 188 g/mol. The number of hydrogen-bond acceptors (Lipinski definition) is 1. The Balaban J connectivity index is 2.41. The zero-order valence-corrected chi connectivity index (χ0v) is 8.99. The predicted octanol–water partition coefficient (Wildman–Crippen LogP) is 2.84. The van der Waals surface area contributed by atoms with Gasteiger partial charge in [-0.3, -0.25) is 0 Å². The largest absolute Gasteiger partial charge is 0.307 e. The van der Waals surface area contributed by atoms with Gasteiger partial charge in [0.15, 0.2) is 0 Å². The Kier molecular flexibility index (Phi) is 2.28. The van der Waals surface area contributed by atoms with E-state index in [2.05, 4.69) is 54.7 Å². The van der Waals surface area contributed by atoms with Crippen LogP contribution in [0.2, 0.25) is 0 Å². The molecule has 0 unspecified atom stereocenters. The number of aromatic nitrogens is 2. The molecule has 2 rings (SSSR count). The standard InChI is InChI=1S/C12H16N2/c1-9(2)6-11-8-14-5-4-10(3)7-12(14)13-11/h4-5,7-9H,6H2,1-3H3. The lowest BCUT2D eigenvalue weighted by atomic mass is 10.1. The minimum Gasteiger partial charge on any atom is -0.307 e. The van der Waals surface area contributed by atoms with Crippen molar-refractivity contribution in [2.75, 3.05) is 0 Å². The third-order valence-electron chi connectivity index (χ3n) is 2.28. The van der Waals surface area contributed by atoms with Gasteiger partial charge in [0.2, 0.25) is 0 Å². The zero-order chi connectivity index (χ0) is 10.1. The molecule has 2 aromatic rings. The zero-order valence-electron chi connectivity index (χ0n) is 8.99. The van der Waals surface area contributed by atoms with Gasteiger partial charge in [-0.2, -0.15) is 0 Å². The minimum atomic E-state index is 0.668. The lowest BCUT2D eigenvalue weighted by Crippen LogP contribution is -1.93. The maximum atomic E-state index is 4.58. The van der Waals surface area contributed by atoms with Crippen molar-refractivity contribution in [3.05, 3.63) is 35.8 Å². The third-order valence-corrected chi connectivity index (χ3v) is 2.28. The molecule has 0 saturated heterocycles. The van der Waals surface area contributed by atoms with E-state index < -0.39 is 0 Å². The summed E-state index contributed by atoms with van der Waals surface area (Å²) in [6.07, 6.45) is 5.25. The molecule has 0 aliphatic carbocycles. The second kappa shape index (κ2) is 3.45. The van der Waals surface area contributed by atoms with Gasteiger partial charge in [-0.05, 0) is 37.0 Å². The van der Waals surface area contributed by atoms with E-state index in [1.54, 1.807) is 0 Å². The van der Waals surface area contributed by atoms with Gasteiger partial charge in [0.05, 0.1) is 5.69 Å². The van der Waals surface area contributed by atoms with Crippen LogP contribution < -0.4 is 0 Å². The Morgan fingerprint density at radius 3 is 2.93 bits per heavy atom. The molecule has 0 radical (unpaired) electrons. The number of rotatable bonds is 2. The van der Waals surface area contributed by atoms with Crippen molar-refractivity contribution in [2.45, 2.75) is 27.2 Å². The van der Waals surface area contributed by atoms with E-state index >= 15 is 0 Å². The molecule has 2 nitrogen and oxygen atoms in total. The fourth-order valence-electron chi connectivity index (χ4n) is 1.65. The summed E-state index contributed by atoms with van der Waals surface area (Å²) < 4.78 is 2.09. The van der Waals surface area contributed by atoms with Crippen LogP contribution in [-0.2, 0) is 6.42 Å². The van der Waals surface area contributed by atoms with Crippen LogP contribution in [0.1, 0.15) is 25.1 Å². The van der Waals surface area contributed by atoms with E-state index in [1.807, 2.05) is 0 Å². The summed E-state index contributed by atoms with van der Waals surface area (Å²) in [5.41, 5.74) is 3.51. The lowest BCUT2D eigenvalue weighted by molar-refractivity contribution is 0.638. The highest BCUT2D eigenvalue weighted by atomic mass is 15.0. The van der Waals surface area contributed by atoms with Crippen LogP contribution in [-0.4, -0.2) is 9.38 Å². The van der Waals surface area contributed by atoms with E-state index in [0.29, 0.717) is 5.92 Å². The van der Waals surface area contributed by atoms with Crippen molar-refractivity contribution in [1.82, 2.24) is 9.38 Å². The highest BCUT2D eigenvalue weighted by Gasteiger charge is 2.03. The first-order valence-corrected chi connectivity index (χ1v) is 5.09. The van der Waals surface area contributed by atoms with Crippen LogP contribution in [0.3, 0.4) is 0 Å². The molecule has 0 N–H and O–H groups in total. The quantitative estimate of drug-likeness (QED) is 0.708. The van der Waals surface area contributed by atoms with Gasteiger partial charge >= 0.3 is 0 Å². The van der Waals surface area contributed by atoms with Gasteiger partial charge in [-0.25, -0.2) is 4.98 Å². The van der Waals surface area contributed by atoms with Crippen LogP contribution in [0, 0.1) is 12.8 Å². The number of nitrogens with zero attached hydrogens (tertiary/aromatic N) is 2. The van der Waals surface area contributed by atoms with Crippen LogP contribution in [0.4, 0.5) is 0 Å². The summed E-state index contributed by atoms with van der Waals surface area (Å²) in [4.78, 5) is 4.58. The maximum Gasteiger partial charge on any atom is 0.137 e. The van der Waals surface area contributed by atoms with E-state index in [4.69, 9.17) is 0 Å². The number of hydrogen-bond donors (Lipinski definition) is 0. The topological polar surface area (TPSA) is 17.3 Å². The van der Waals surface area contributed by atoms with E-state index in [0.717, 1.165) is 12.1 Å². The molecule has 0 saturated carbocycles. The molecule has 0 aliphatic heterocycles. The van der Waals surface area contributed by atoms with Gasteiger partial charge in [-0.1, -0.05) is 13.8 Å². The van der Waals surface area contributed by atoms with E-state index in [-0.39, 0.29) is 0 Å². The fraction of sp³-hybridized carbons (Fsp3) is 0.417. The Hall–Kier alpha value is -1.31. The molecule has 0 fully saturated rings. The molecule has 2 heteroatoms. The summed E-state index contributed by atoms with van der Waals surface area (Å²) in [5.74, 6) is 0.668. The molecule has 14 heavy (non-hydrogen) atoms. The number of aryl methyl sites for hydroxylation is 1. The first kappa shape index (κ1) is 9.25. The Labute approximate surface area is 84.6 Å². The van der Waals surface area contributed by atoms with Crippen LogP contribution >= 0.6 is 0 Å². The summed E-state index contributed by atoms with van der Waals surface area (Å²) in [6.45, 7) is 6.53. The summed E-state index contributed by atoms with van der Waals surface area (Å²) in [6, 6.07) is 4.22. The second-order valence-corrected chi connectivity index (χ2v) is 4.30. The second-order valence-electron chi connectivity index (χ2n) is 4.30. The third kappa shape index (κ3) is 1.79. The fourth-order valence-corrected chi connectivity index (χ4v) is 1.65. The average Bonchev–Trinajstić information content (AvgIpc) is 2.44. The predicted molar refractivity (Wildman–Crippen MR) is 58.5 cm³/mol. The number of fused-ring (bicyclic) bond motifs is 1. The summed E-state index contributed by atoms with van der Waals surface area (Å²) in [5, 5.41) is 0. The first-order chi connectivity index (χ1) is 6.65. The van der Waals surface area contributed by atoms with Crippen LogP contribution in [0.25, 0.3) is 5.65 Å². The highest BCUT2D eigenvalue weighted by molar-refractivity contribution is 5.42. The van der Waals surface area contributed by atoms with Crippen molar-refractivity contribution < 1.29 is 0 Å². The lowest BCUT2D eigenvalue weighted by Gasteiger charge is -1.97. The normalized spacial score (nSPS) is 11.4. The Morgan fingerprint density at radius 1 is 1.43 bits per heavy atom. The molecule has 0 atom stereocenters. The molecule has 2 aromatic heterocycles. The molecule has 0 spiro atoms. The van der Waals surface area contributed by atoms with Gasteiger partial charge < -0.3 is 4.40 Å². The molecule has 0 bridgehead atoms. The van der Waals surface area contributed by atoms with Crippen molar-refractivity contribution in [2.24, 2.45) is 5.92 Å². The van der Waals surface area contributed by atoms with E-state index in [1.165, 1.54) is 11.3 Å². The highest BCUT2D eigenvalue weighted by Crippen LogP contribution is 2.10. The smallest absolute Gasteiger partial charge is 0.137 e. The molecule has 0 amide bonds. The summed E-state index contributed by atoms with van der Waals surface area (Å²) >= 11 is 0. The maximum absolute atomic E-state index is 4.58. The summed E-state index contributed by atoms with van der Waals surface area (Å²) in [7, 11) is 0. The van der Waals surface area contributed by atoms with Crippen molar-refractivity contribution in [3.63, 3.8) is 0 Å².